The number of carbonyl (C=O) groups is 2. The molecule has 2 amide bonds. The summed E-state index contributed by atoms with van der Waals surface area (Å²) >= 11 is 1.11. The first kappa shape index (κ1) is 11.8. The minimum absolute atomic E-state index is 0.117. The minimum Gasteiger partial charge on any atom is -0.369 e. The molecule has 3 N–H and O–H groups in total. The number of oxime groups is 1. The van der Waals surface area contributed by atoms with E-state index in [1.54, 1.807) is 6.92 Å². The van der Waals surface area contributed by atoms with Crippen molar-refractivity contribution in [2.24, 2.45) is 10.9 Å². The Kier molecular flexibility index (Phi) is 5.69. The van der Waals surface area contributed by atoms with Gasteiger partial charge in [0.15, 0.2) is 0 Å². The predicted molar refractivity (Wildman–Crippen MR) is 50.3 cm³/mol. The molecule has 74 valence electrons. The highest BCUT2D eigenvalue weighted by Gasteiger charge is 2.00. The summed E-state index contributed by atoms with van der Waals surface area (Å²) in [5.74, 6) is -0.327. The zero-order valence-corrected chi connectivity index (χ0v) is 8.18. The van der Waals surface area contributed by atoms with Crippen LogP contribution in [0.2, 0.25) is 0 Å². The van der Waals surface area contributed by atoms with Crippen LogP contribution in [0.3, 0.4) is 0 Å². The first-order chi connectivity index (χ1) is 6.06. The van der Waals surface area contributed by atoms with Crippen molar-refractivity contribution in [2.45, 2.75) is 6.92 Å². The summed E-state index contributed by atoms with van der Waals surface area (Å²) in [6.45, 7) is 1.61. The molecule has 6 nitrogen and oxygen atoms in total. The molecule has 0 unspecified atom stereocenters. The highest BCUT2D eigenvalue weighted by atomic mass is 32.2. The van der Waals surface area contributed by atoms with Crippen LogP contribution in [0.4, 0.5) is 4.79 Å². The standard InChI is InChI=1S/C6H11N3O3S/c1-4(13-3-5(7)10)9-12-6(11)8-2/h3H2,1-2H3,(H2,7,10)(H,8,11)/b9-4+. The van der Waals surface area contributed by atoms with Gasteiger partial charge in [-0.25, -0.2) is 4.79 Å². The Morgan fingerprint density at radius 3 is 2.69 bits per heavy atom. The van der Waals surface area contributed by atoms with Crippen molar-refractivity contribution in [1.29, 1.82) is 0 Å². The average Bonchev–Trinajstić information content (AvgIpc) is 2.10. The van der Waals surface area contributed by atoms with Gasteiger partial charge < -0.3 is 11.1 Å². The van der Waals surface area contributed by atoms with Gasteiger partial charge >= 0.3 is 6.09 Å². The number of nitrogens with zero attached hydrogens (tertiary/aromatic N) is 1. The maximum absolute atomic E-state index is 10.5. The smallest absolute Gasteiger partial charge is 0.369 e. The molecule has 0 atom stereocenters. The van der Waals surface area contributed by atoms with Gasteiger partial charge in [-0.2, -0.15) is 0 Å². The quantitative estimate of drug-likeness (QED) is 0.291. The number of carbonyl (C=O) groups excluding carboxylic acids is 2. The number of rotatable bonds is 3. The Bertz CT molecular complexity index is 229. The lowest BCUT2D eigenvalue weighted by Gasteiger charge is -1.97. The number of nitrogens with one attached hydrogen (secondary N) is 1. The molecule has 7 heteroatoms. The first-order valence-corrected chi connectivity index (χ1v) is 4.39. The predicted octanol–water partition coefficient (Wildman–Crippen LogP) is -0.106. The highest BCUT2D eigenvalue weighted by Crippen LogP contribution is 2.02. The molecule has 0 aliphatic carbocycles. The van der Waals surface area contributed by atoms with E-state index in [1.807, 2.05) is 0 Å². The normalized spacial score (nSPS) is 10.8. The third kappa shape index (κ3) is 7.13. The Morgan fingerprint density at radius 2 is 2.23 bits per heavy atom. The van der Waals surface area contributed by atoms with E-state index < -0.39 is 12.0 Å². The monoisotopic (exact) mass is 205 g/mol. The van der Waals surface area contributed by atoms with Crippen molar-refractivity contribution in [1.82, 2.24) is 5.32 Å². The van der Waals surface area contributed by atoms with Gasteiger partial charge in [0.25, 0.3) is 0 Å². The number of primary amides is 1. The zero-order chi connectivity index (χ0) is 10.3. The first-order valence-electron chi connectivity index (χ1n) is 3.40. The molecule has 0 saturated heterocycles. The second-order valence-corrected chi connectivity index (χ2v) is 3.16. The van der Waals surface area contributed by atoms with E-state index in [4.69, 9.17) is 5.73 Å². The van der Waals surface area contributed by atoms with E-state index in [1.165, 1.54) is 7.05 Å². The molecule has 0 aliphatic rings. The highest BCUT2D eigenvalue weighted by molar-refractivity contribution is 8.14. The van der Waals surface area contributed by atoms with Crippen molar-refractivity contribution in [2.75, 3.05) is 12.8 Å². The van der Waals surface area contributed by atoms with Gasteiger partial charge in [0, 0.05) is 7.05 Å². The molecular formula is C6H11N3O3S. The summed E-state index contributed by atoms with van der Waals surface area (Å²) in [6.07, 6.45) is -0.654. The van der Waals surface area contributed by atoms with E-state index in [9.17, 15) is 9.59 Å². The lowest BCUT2D eigenvalue weighted by atomic mass is 10.8. The molecule has 13 heavy (non-hydrogen) atoms. The molecule has 0 aliphatic heterocycles. The summed E-state index contributed by atoms with van der Waals surface area (Å²) in [4.78, 5) is 25.2. The zero-order valence-electron chi connectivity index (χ0n) is 7.36. The van der Waals surface area contributed by atoms with Crippen molar-refractivity contribution < 1.29 is 14.4 Å². The van der Waals surface area contributed by atoms with Crippen molar-refractivity contribution in [3.05, 3.63) is 0 Å². The fraction of sp³-hybridized carbons (Fsp3) is 0.500. The van der Waals surface area contributed by atoms with Crippen molar-refractivity contribution >= 4 is 28.8 Å². The van der Waals surface area contributed by atoms with Gasteiger partial charge in [-0.3, -0.25) is 9.63 Å². The van der Waals surface area contributed by atoms with Gasteiger partial charge in [0.05, 0.1) is 5.75 Å². The topological polar surface area (TPSA) is 93.8 Å². The number of nitrogens with two attached hydrogens (primary N) is 1. The molecule has 0 aromatic rings. The Labute approximate surface area is 79.9 Å². The SMILES string of the molecule is CNC(=O)O/N=C(\C)SCC(N)=O. The summed E-state index contributed by atoms with van der Waals surface area (Å²) in [7, 11) is 1.42. The van der Waals surface area contributed by atoms with Crippen LogP contribution in [0.15, 0.2) is 5.16 Å². The molecule has 0 heterocycles. The van der Waals surface area contributed by atoms with E-state index in [0.717, 1.165) is 11.8 Å². The van der Waals surface area contributed by atoms with Crippen LogP contribution in [0, 0.1) is 0 Å². The van der Waals surface area contributed by atoms with E-state index in [2.05, 4.69) is 15.3 Å². The molecule has 0 spiro atoms. The summed E-state index contributed by atoms with van der Waals surface area (Å²) in [6, 6.07) is 0. The number of thioether (sulfide) groups is 1. The second-order valence-electron chi connectivity index (χ2n) is 1.99. The van der Waals surface area contributed by atoms with Crippen LogP contribution < -0.4 is 11.1 Å². The Hall–Kier alpha value is -1.24. The van der Waals surface area contributed by atoms with E-state index >= 15 is 0 Å². The number of hydrogen-bond acceptors (Lipinski definition) is 5. The third-order valence-corrected chi connectivity index (χ3v) is 1.81. The maximum Gasteiger partial charge on any atom is 0.433 e. The molecule has 0 aromatic carbocycles. The van der Waals surface area contributed by atoms with Gasteiger partial charge in [-0.1, -0.05) is 16.9 Å². The van der Waals surface area contributed by atoms with Gasteiger partial charge in [-0.15, -0.1) is 0 Å². The van der Waals surface area contributed by atoms with Gasteiger partial charge in [0.1, 0.15) is 5.04 Å². The van der Waals surface area contributed by atoms with Gasteiger partial charge in [0.2, 0.25) is 5.91 Å². The van der Waals surface area contributed by atoms with Crippen LogP contribution in [0.25, 0.3) is 0 Å². The van der Waals surface area contributed by atoms with Gasteiger partial charge in [-0.05, 0) is 6.92 Å². The second kappa shape index (κ2) is 6.30. The Morgan fingerprint density at radius 1 is 1.62 bits per heavy atom. The van der Waals surface area contributed by atoms with Crippen molar-refractivity contribution in [3.63, 3.8) is 0 Å². The Balaban J connectivity index is 3.75. The maximum atomic E-state index is 10.5. The summed E-state index contributed by atoms with van der Waals surface area (Å²) < 4.78 is 0. The lowest BCUT2D eigenvalue weighted by molar-refractivity contribution is -0.115. The van der Waals surface area contributed by atoms with Crippen LogP contribution in [-0.4, -0.2) is 29.8 Å². The van der Waals surface area contributed by atoms with Crippen LogP contribution in [-0.2, 0) is 9.63 Å². The average molecular weight is 205 g/mol. The largest absolute Gasteiger partial charge is 0.433 e. The molecular weight excluding hydrogens is 194 g/mol. The van der Waals surface area contributed by atoms with Crippen LogP contribution in [0.5, 0.6) is 0 Å². The molecule has 0 radical (unpaired) electrons. The fourth-order valence-corrected chi connectivity index (χ4v) is 0.794. The van der Waals surface area contributed by atoms with E-state index in [-0.39, 0.29) is 5.75 Å². The van der Waals surface area contributed by atoms with E-state index in [0.29, 0.717) is 5.04 Å². The molecule has 0 bridgehead atoms. The molecule has 0 rings (SSSR count). The van der Waals surface area contributed by atoms with Crippen LogP contribution >= 0.6 is 11.8 Å². The summed E-state index contributed by atoms with van der Waals surface area (Å²) in [5, 5.41) is 6.10. The fourth-order valence-electron chi connectivity index (χ4n) is 0.353. The van der Waals surface area contributed by atoms with Crippen LogP contribution in [0.1, 0.15) is 6.92 Å². The number of hydrogen-bond donors (Lipinski definition) is 2. The molecule has 0 aromatic heterocycles. The third-order valence-electron chi connectivity index (χ3n) is 0.885. The van der Waals surface area contributed by atoms with Crippen molar-refractivity contribution in [3.8, 4) is 0 Å². The minimum atomic E-state index is -0.654. The number of amides is 2. The summed E-state index contributed by atoms with van der Waals surface area (Å²) in [5.41, 5.74) is 4.89. The lowest BCUT2D eigenvalue weighted by Crippen LogP contribution is -2.17. The molecule has 0 fully saturated rings. The molecule has 0 saturated carbocycles.